The average molecular weight is 423 g/mol. The normalized spacial score (nSPS) is 28.5. The number of likely N-dealkylation sites (N-methyl/N-ethyl adjacent to an activating group) is 1. The molecule has 1 spiro atoms. The van der Waals surface area contributed by atoms with Crippen LogP contribution in [0.5, 0.6) is 0 Å². The van der Waals surface area contributed by atoms with Gasteiger partial charge in [-0.05, 0) is 63.0 Å². The summed E-state index contributed by atoms with van der Waals surface area (Å²) in [4.78, 5) is 17.7. The van der Waals surface area contributed by atoms with Gasteiger partial charge in [0.15, 0.2) is 5.79 Å². The van der Waals surface area contributed by atoms with Crippen LogP contribution in [-0.2, 0) is 9.47 Å². The minimum absolute atomic E-state index is 0.0343. The zero-order chi connectivity index (χ0) is 18.1. The minimum atomic E-state index is -0.648. The van der Waals surface area contributed by atoms with E-state index in [9.17, 15) is 4.79 Å². The van der Waals surface area contributed by atoms with E-state index >= 15 is 0 Å². The lowest BCUT2D eigenvalue weighted by atomic mass is 9.82. The van der Waals surface area contributed by atoms with Gasteiger partial charge in [0.1, 0.15) is 6.04 Å². The molecule has 142 valence electrons. The van der Waals surface area contributed by atoms with E-state index in [1.54, 1.807) is 0 Å². The summed E-state index contributed by atoms with van der Waals surface area (Å²) in [5.74, 6) is -0.613. The largest absolute Gasteiger partial charge is 0.345 e. The Morgan fingerprint density at radius 2 is 1.81 bits per heavy atom. The highest BCUT2D eigenvalue weighted by atomic mass is 79.9. The summed E-state index contributed by atoms with van der Waals surface area (Å²) < 4.78 is 13.3. The molecule has 1 saturated carbocycles. The Labute approximate surface area is 163 Å². The van der Waals surface area contributed by atoms with Crippen LogP contribution in [0.25, 0.3) is 0 Å². The molecule has 1 aromatic rings. The number of amides is 1. The van der Waals surface area contributed by atoms with E-state index in [4.69, 9.17) is 9.47 Å². The first-order valence-electron chi connectivity index (χ1n) is 9.65. The first-order chi connectivity index (χ1) is 12.6. The van der Waals surface area contributed by atoms with Crippen molar-refractivity contribution in [3.63, 3.8) is 0 Å². The molecule has 0 bridgehead atoms. The fourth-order valence-electron chi connectivity index (χ4n) is 4.87. The van der Waals surface area contributed by atoms with Crippen LogP contribution in [0.1, 0.15) is 42.5 Å². The van der Waals surface area contributed by atoms with Crippen LogP contribution in [0.15, 0.2) is 28.7 Å². The smallest absolute Gasteiger partial charge is 0.254 e. The number of hydrogen-bond acceptors (Lipinski definition) is 4. The lowest BCUT2D eigenvalue weighted by Crippen LogP contribution is -2.65. The van der Waals surface area contributed by atoms with Gasteiger partial charge in [0.25, 0.3) is 5.91 Å². The topological polar surface area (TPSA) is 42.0 Å². The van der Waals surface area contributed by atoms with Crippen LogP contribution in [0.3, 0.4) is 0 Å². The van der Waals surface area contributed by atoms with Crippen molar-refractivity contribution < 1.29 is 14.3 Å². The van der Waals surface area contributed by atoms with E-state index < -0.39 is 5.79 Å². The molecule has 2 atom stereocenters. The Balaban J connectivity index is 1.64. The molecule has 0 unspecified atom stereocenters. The lowest BCUT2D eigenvalue weighted by molar-refractivity contribution is -0.224. The van der Waals surface area contributed by atoms with Gasteiger partial charge < -0.3 is 14.4 Å². The van der Waals surface area contributed by atoms with E-state index in [1.807, 2.05) is 36.2 Å². The highest BCUT2D eigenvalue weighted by molar-refractivity contribution is 9.10. The monoisotopic (exact) mass is 422 g/mol. The van der Waals surface area contributed by atoms with Crippen LogP contribution in [-0.4, -0.2) is 66.9 Å². The molecule has 4 rings (SSSR count). The predicted octanol–water partition coefficient (Wildman–Crippen LogP) is 3.28. The Kier molecular flexibility index (Phi) is 5.37. The zero-order valence-electron chi connectivity index (χ0n) is 15.3. The third-order valence-electron chi connectivity index (χ3n) is 6.05. The lowest BCUT2D eigenvalue weighted by Gasteiger charge is -2.50. The number of rotatable bonds is 3. The summed E-state index contributed by atoms with van der Waals surface area (Å²) in [6, 6.07) is 7.80. The maximum Gasteiger partial charge on any atom is 0.254 e. The Morgan fingerprint density at radius 1 is 1.15 bits per heavy atom. The Morgan fingerprint density at radius 3 is 2.46 bits per heavy atom. The second-order valence-electron chi connectivity index (χ2n) is 7.58. The van der Waals surface area contributed by atoms with E-state index in [1.165, 1.54) is 12.8 Å². The van der Waals surface area contributed by atoms with Gasteiger partial charge in [-0.1, -0.05) is 15.9 Å². The number of carbonyl (C=O) groups excluding carboxylic acids is 1. The van der Waals surface area contributed by atoms with E-state index in [0.29, 0.717) is 24.8 Å². The minimum Gasteiger partial charge on any atom is -0.345 e. The van der Waals surface area contributed by atoms with Gasteiger partial charge >= 0.3 is 0 Å². The van der Waals surface area contributed by atoms with Gasteiger partial charge in [0.05, 0.1) is 13.2 Å². The average Bonchev–Trinajstić information content (AvgIpc) is 3.34. The van der Waals surface area contributed by atoms with Crippen LogP contribution in [0, 0.1) is 0 Å². The summed E-state index contributed by atoms with van der Waals surface area (Å²) in [7, 11) is 1.91. The second kappa shape index (κ2) is 7.58. The summed E-state index contributed by atoms with van der Waals surface area (Å²) in [5.41, 5.74) is 0.703. The standard InChI is InChI=1S/C20H27BrN2O3/c1-22(19(24)15-6-8-16(21)9-7-15)18-17(23-11-2-3-12-23)5-4-10-20(18)25-13-14-26-20/h6-9,17-18H,2-5,10-14H2,1H3/t17-,18+/m1/s1. The van der Waals surface area contributed by atoms with E-state index in [-0.39, 0.29) is 11.9 Å². The molecule has 2 aliphatic heterocycles. The molecule has 6 heteroatoms. The highest BCUT2D eigenvalue weighted by Gasteiger charge is 2.54. The highest BCUT2D eigenvalue weighted by Crippen LogP contribution is 2.41. The van der Waals surface area contributed by atoms with Crippen molar-refractivity contribution in [1.29, 1.82) is 0 Å². The van der Waals surface area contributed by atoms with Crippen molar-refractivity contribution in [2.24, 2.45) is 0 Å². The summed E-state index contributed by atoms with van der Waals surface area (Å²) >= 11 is 3.44. The first-order valence-corrected chi connectivity index (χ1v) is 10.4. The zero-order valence-corrected chi connectivity index (χ0v) is 16.9. The quantitative estimate of drug-likeness (QED) is 0.749. The molecule has 1 amide bonds. The third kappa shape index (κ3) is 3.33. The number of hydrogen-bond donors (Lipinski definition) is 0. The molecule has 2 heterocycles. The van der Waals surface area contributed by atoms with Gasteiger partial charge in [-0.2, -0.15) is 0 Å². The van der Waals surface area contributed by atoms with Gasteiger partial charge in [-0.25, -0.2) is 0 Å². The van der Waals surface area contributed by atoms with Gasteiger partial charge in [0.2, 0.25) is 0 Å². The Hall–Kier alpha value is -0.950. The molecule has 5 nitrogen and oxygen atoms in total. The van der Waals surface area contributed by atoms with Crippen molar-refractivity contribution in [3.05, 3.63) is 34.3 Å². The number of halogens is 1. The molecule has 26 heavy (non-hydrogen) atoms. The molecule has 3 aliphatic rings. The Bertz CT molecular complexity index is 639. The van der Waals surface area contributed by atoms with Crippen molar-refractivity contribution in [1.82, 2.24) is 9.80 Å². The molecule has 1 aliphatic carbocycles. The van der Waals surface area contributed by atoms with Crippen molar-refractivity contribution in [2.45, 2.75) is 50.0 Å². The van der Waals surface area contributed by atoms with Crippen LogP contribution in [0.4, 0.5) is 0 Å². The maximum absolute atomic E-state index is 13.2. The number of carbonyl (C=O) groups is 1. The maximum atomic E-state index is 13.2. The van der Waals surface area contributed by atoms with Crippen LogP contribution in [0.2, 0.25) is 0 Å². The van der Waals surface area contributed by atoms with Crippen molar-refractivity contribution in [3.8, 4) is 0 Å². The SMILES string of the molecule is CN(C(=O)c1ccc(Br)cc1)[C@H]1[C@H](N2CCCC2)CCCC12OCCO2. The molecular weight excluding hydrogens is 396 g/mol. The molecule has 0 aromatic heterocycles. The number of benzene rings is 1. The summed E-state index contributed by atoms with van der Waals surface area (Å²) in [6.45, 7) is 3.45. The van der Waals surface area contributed by atoms with Gasteiger partial charge in [0, 0.05) is 29.5 Å². The summed E-state index contributed by atoms with van der Waals surface area (Å²) in [5, 5.41) is 0. The molecule has 0 N–H and O–H groups in total. The molecule has 1 aromatic carbocycles. The molecule has 2 saturated heterocycles. The number of nitrogens with zero attached hydrogens (tertiary/aromatic N) is 2. The number of likely N-dealkylation sites (tertiary alicyclic amines) is 1. The van der Waals surface area contributed by atoms with Gasteiger partial charge in [-0.3, -0.25) is 9.69 Å². The molecule has 3 fully saturated rings. The predicted molar refractivity (Wildman–Crippen MR) is 103 cm³/mol. The van der Waals surface area contributed by atoms with Crippen molar-refractivity contribution in [2.75, 3.05) is 33.4 Å². The second-order valence-corrected chi connectivity index (χ2v) is 8.49. The van der Waals surface area contributed by atoms with Crippen molar-refractivity contribution >= 4 is 21.8 Å². The first kappa shape index (κ1) is 18.4. The van der Waals surface area contributed by atoms with Crippen LogP contribution < -0.4 is 0 Å². The molecular formula is C20H27BrN2O3. The third-order valence-corrected chi connectivity index (χ3v) is 6.58. The summed E-state index contributed by atoms with van der Waals surface area (Å²) in [6.07, 6.45) is 5.51. The molecule has 0 radical (unpaired) electrons. The number of ether oxygens (including phenoxy) is 2. The fraction of sp³-hybridized carbons (Fsp3) is 0.650. The van der Waals surface area contributed by atoms with E-state index in [2.05, 4.69) is 20.8 Å². The van der Waals surface area contributed by atoms with E-state index in [0.717, 1.165) is 36.8 Å². The van der Waals surface area contributed by atoms with Crippen LogP contribution >= 0.6 is 15.9 Å². The fourth-order valence-corrected chi connectivity index (χ4v) is 5.14. The van der Waals surface area contributed by atoms with Gasteiger partial charge in [-0.15, -0.1) is 0 Å².